The van der Waals surface area contributed by atoms with Gasteiger partial charge in [0.05, 0.1) is 16.6 Å². The monoisotopic (exact) mass is 236 g/mol. The van der Waals surface area contributed by atoms with Gasteiger partial charge in [-0.05, 0) is 24.6 Å². The number of rotatable bonds is 0. The van der Waals surface area contributed by atoms with Crippen molar-refractivity contribution < 1.29 is 0 Å². The van der Waals surface area contributed by atoms with Crippen molar-refractivity contribution >= 4 is 11.0 Å². The summed E-state index contributed by atoms with van der Waals surface area (Å²) in [7, 11) is 0. The van der Waals surface area contributed by atoms with Crippen molar-refractivity contribution in [3.05, 3.63) is 64.6 Å². The molecule has 0 aromatic carbocycles. The summed E-state index contributed by atoms with van der Waals surface area (Å²) in [6.07, 6.45) is 10.2. The Labute approximate surface area is 104 Å². The lowest BCUT2D eigenvalue weighted by molar-refractivity contribution is 0.393. The van der Waals surface area contributed by atoms with Crippen LogP contribution in [0.3, 0.4) is 0 Å². The van der Waals surface area contributed by atoms with E-state index < -0.39 is 0 Å². The predicted octanol–water partition coefficient (Wildman–Crippen LogP) is 2.33. The molecule has 0 bridgehead atoms. The minimum atomic E-state index is -0.295. The molecule has 18 heavy (non-hydrogen) atoms. The predicted molar refractivity (Wildman–Crippen MR) is 70.7 cm³/mol. The van der Waals surface area contributed by atoms with E-state index >= 15 is 0 Å². The molecule has 88 valence electrons. The summed E-state index contributed by atoms with van der Waals surface area (Å²) < 4.78 is 1.88. The molecular formula is C15H12N2O. The topological polar surface area (TPSA) is 34.9 Å². The van der Waals surface area contributed by atoms with E-state index in [4.69, 9.17) is 0 Å². The lowest BCUT2D eigenvalue weighted by Gasteiger charge is -2.31. The second-order valence-corrected chi connectivity index (χ2v) is 5.09. The van der Waals surface area contributed by atoms with Crippen molar-refractivity contribution in [3.8, 4) is 0 Å². The molecule has 2 aromatic rings. The highest BCUT2D eigenvalue weighted by Crippen LogP contribution is 2.47. The summed E-state index contributed by atoms with van der Waals surface area (Å²) in [6.45, 7) is 2.11. The van der Waals surface area contributed by atoms with E-state index in [1.165, 1.54) is 5.56 Å². The quantitative estimate of drug-likeness (QED) is 0.703. The molecule has 1 aliphatic heterocycles. The summed E-state index contributed by atoms with van der Waals surface area (Å²) in [6, 6.07) is 5.45. The first-order chi connectivity index (χ1) is 8.72. The summed E-state index contributed by atoms with van der Waals surface area (Å²) in [5, 5.41) is 0. The van der Waals surface area contributed by atoms with Gasteiger partial charge in [-0.15, -0.1) is 0 Å². The van der Waals surface area contributed by atoms with Crippen LogP contribution in [0, 0.1) is 0 Å². The lowest BCUT2D eigenvalue weighted by Crippen LogP contribution is -2.37. The highest BCUT2D eigenvalue weighted by Gasteiger charge is 2.42. The van der Waals surface area contributed by atoms with Gasteiger partial charge in [0.25, 0.3) is 5.56 Å². The van der Waals surface area contributed by atoms with Gasteiger partial charge in [0.15, 0.2) is 0 Å². The second-order valence-electron chi connectivity index (χ2n) is 5.09. The lowest BCUT2D eigenvalue weighted by atomic mass is 9.81. The van der Waals surface area contributed by atoms with Crippen LogP contribution in [0.4, 0.5) is 0 Å². The van der Waals surface area contributed by atoms with Gasteiger partial charge in [0.2, 0.25) is 0 Å². The number of pyridine rings is 2. The van der Waals surface area contributed by atoms with E-state index in [1.807, 2.05) is 29.0 Å². The molecule has 0 radical (unpaired) electrons. The summed E-state index contributed by atoms with van der Waals surface area (Å²) in [5.41, 5.74) is 2.82. The molecule has 0 amide bonds. The van der Waals surface area contributed by atoms with Gasteiger partial charge in [-0.3, -0.25) is 14.3 Å². The van der Waals surface area contributed by atoms with Crippen molar-refractivity contribution in [3.63, 3.8) is 0 Å². The van der Waals surface area contributed by atoms with Crippen molar-refractivity contribution in [1.82, 2.24) is 9.55 Å². The van der Waals surface area contributed by atoms with Gasteiger partial charge < -0.3 is 0 Å². The van der Waals surface area contributed by atoms with Crippen molar-refractivity contribution in [2.45, 2.75) is 18.4 Å². The zero-order valence-electron chi connectivity index (χ0n) is 10.00. The first-order valence-corrected chi connectivity index (χ1v) is 6.09. The Hall–Kier alpha value is -2.16. The fourth-order valence-corrected chi connectivity index (χ4v) is 3.27. The molecule has 1 aliphatic carbocycles. The van der Waals surface area contributed by atoms with Gasteiger partial charge in [-0.25, -0.2) is 0 Å². The van der Waals surface area contributed by atoms with E-state index in [9.17, 15) is 4.79 Å². The van der Waals surface area contributed by atoms with Crippen LogP contribution in [0.15, 0.2) is 53.5 Å². The number of nitrogens with zero attached hydrogens (tertiary/aromatic N) is 2. The van der Waals surface area contributed by atoms with Crippen LogP contribution in [0.25, 0.3) is 11.0 Å². The molecule has 0 saturated carbocycles. The molecule has 2 aliphatic rings. The summed E-state index contributed by atoms with van der Waals surface area (Å²) in [5.74, 6) is 0.225. The Morgan fingerprint density at radius 2 is 2.17 bits per heavy atom. The van der Waals surface area contributed by atoms with Gasteiger partial charge in [0.1, 0.15) is 0 Å². The van der Waals surface area contributed by atoms with Crippen molar-refractivity contribution in [1.29, 1.82) is 0 Å². The SMILES string of the molecule is CC12C=CC=CC1c1ccnc3ccc(=O)n2c13. The molecule has 0 spiro atoms. The molecule has 3 nitrogen and oxygen atoms in total. The third kappa shape index (κ3) is 0.957. The summed E-state index contributed by atoms with van der Waals surface area (Å²) >= 11 is 0. The molecule has 3 heterocycles. The van der Waals surface area contributed by atoms with E-state index in [-0.39, 0.29) is 17.0 Å². The Bertz CT molecular complexity index is 785. The smallest absolute Gasteiger partial charge is 0.251 e. The van der Waals surface area contributed by atoms with Gasteiger partial charge in [0, 0.05) is 18.2 Å². The third-order valence-electron chi connectivity index (χ3n) is 4.11. The number of hydrogen-bond acceptors (Lipinski definition) is 2. The standard InChI is InChI=1S/C15H12N2O/c1-15-8-3-2-4-11(15)10-7-9-16-12-5-6-13(18)17(15)14(10)12/h2-9,11H,1H3. The minimum absolute atomic E-state index is 0.0432. The molecule has 3 heteroatoms. The zero-order valence-corrected chi connectivity index (χ0v) is 10.00. The average Bonchev–Trinajstić information content (AvgIpc) is 2.65. The van der Waals surface area contributed by atoms with Crippen LogP contribution < -0.4 is 5.56 Å². The molecule has 0 saturated heterocycles. The minimum Gasteiger partial charge on any atom is -0.296 e. The highest BCUT2D eigenvalue weighted by molar-refractivity contribution is 5.82. The van der Waals surface area contributed by atoms with E-state index in [0.29, 0.717) is 0 Å². The number of allylic oxidation sites excluding steroid dienone is 4. The molecule has 2 unspecified atom stereocenters. The molecule has 2 atom stereocenters. The number of aromatic nitrogens is 2. The number of hydrogen-bond donors (Lipinski definition) is 0. The Balaban J connectivity index is 2.26. The van der Waals surface area contributed by atoms with Crippen LogP contribution >= 0.6 is 0 Å². The maximum absolute atomic E-state index is 12.2. The normalized spacial score (nSPS) is 27.7. The fourth-order valence-electron chi connectivity index (χ4n) is 3.27. The van der Waals surface area contributed by atoms with Crippen LogP contribution in [0.2, 0.25) is 0 Å². The van der Waals surface area contributed by atoms with Crippen molar-refractivity contribution in [2.24, 2.45) is 0 Å². The Morgan fingerprint density at radius 3 is 3.06 bits per heavy atom. The van der Waals surface area contributed by atoms with E-state index in [0.717, 1.165) is 11.0 Å². The average molecular weight is 236 g/mol. The van der Waals surface area contributed by atoms with Crippen LogP contribution in [0.5, 0.6) is 0 Å². The van der Waals surface area contributed by atoms with Gasteiger partial charge in [-0.2, -0.15) is 0 Å². The molecule has 4 rings (SSSR count). The van der Waals surface area contributed by atoms with E-state index in [1.54, 1.807) is 6.07 Å². The number of fused-ring (bicyclic) bond motifs is 3. The summed E-state index contributed by atoms with van der Waals surface area (Å²) in [4.78, 5) is 16.6. The highest BCUT2D eigenvalue weighted by atomic mass is 16.1. The second kappa shape index (κ2) is 2.99. The molecule has 2 aromatic heterocycles. The largest absolute Gasteiger partial charge is 0.296 e. The molecule has 0 N–H and O–H groups in total. The first-order valence-electron chi connectivity index (χ1n) is 6.09. The van der Waals surface area contributed by atoms with Gasteiger partial charge >= 0.3 is 0 Å². The molecular weight excluding hydrogens is 224 g/mol. The van der Waals surface area contributed by atoms with Crippen LogP contribution in [0.1, 0.15) is 18.4 Å². The third-order valence-corrected chi connectivity index (χ3v) is 4.11. The van der Waals surface area contributed by atoms with Crippen LogP contribution in [-0.4, -0.2) is 9.55 Å². The zero-order chi connectivity index (χ0) is 12.3. The van der Waals surface area contributed by atoms with E-state index in [2.05, 4.69) is 30.1 Å². The Morgan fingerprint density at radius 1 is 1.28 bits per heavy atom. The fraction of sp³-hybridized carbons (Fsp3) is 0.200. The Kier molecular flexibility index (Phi) is 1.63. The first kappa shape index (κ1) is 9.83. The maximum atomic E-state index is 12.2. The van der Waals surface area contributed by atoms with Gasteiger partial charge in [-0.1, -0.05) is 24.3 Å². The van der Waals surface area contributed by atoms with Crippen molar-refractivity contribution in [2.75, 3.05) is 0 Å². The molecule has 0 fully saturated rings. The van der Waals surface area contributed by atoms with Crippen LogP contribution in [-0.2, 0) is 5.54 Å². The maximum Gasteiger partial charge on any atom is 0.251 e.